The Kier molecular flexibility index (Phi) is 39.3. The minimum absolute atomic E-state index is 0.0101. The number of piperidine rings is 1. The number of nitrogens with zero attached hydrogens (tertiary/aromatic N) is 13. The number of aryl methyl sites for hydroxylation is 1. The Balaban J connectivity index is 0.525. The number of allylic oxidation sites excluding steroid dienone is 6. The molecule has 4 fully saturated rings. The molecule has 2 bridgehead atoms. The van der Waals surface area contributed by atoms with Crippen LogP contribution in [0.3, 0.4) is 0 Å². The van der Waals surface area contributed by atoms with Crippen molar-refractivity contribution in [3.63, 3.8) is 0 Å². The Morgan fingerprint density at radius 3 is 2.20 bits per heavy atom. The molecule has 1 unspecified atom stereocenters. The largest absolute Gasteiger partial charge is 0.460 e. The standard InChI is InChI=1S/C98H138N16O20/c1-63-19-12-11-13-20-64(2)82(123-8)55-76-27-24-69(7)98(122,134-76)91(119)94(120)113-32-16-14-23-78(113)95(121)132-83(56-79(115)65(3)50-68(6)89(118)90(125-10)88(117)67(5)49-63)66(4)51-70-25-28-81(84(53-70)124-9)131-61-71-21-18-22-72(52-71)74-57-102-97(103-58-74)111-36-34-110(35-37-111)59-75-60-112(109-107-75)38-40-127-42-44-129-46-48-130-47-45-128-43-41-126-39-30-85(116)101-31-15-17-33-114-93-86(92(99)104-62-105-93)87(108-114)73-26-29-80-77(54-73)106-96(100)133-80/h11-13,18-22,26,29,50,52,54,57-58,60,62-63,65-67,69-70,76,78,81-84,89-90,118,122H,14-17,23-25,27-28,30-49,51,53,55-56,59,61H2,1-10H3,(H2,100,106)(H,101,116)(H2,99,104,105)/b13-11+,19-12+,64-20+,68-50+/t63-,65-,66-,67-,69-,70+,76+,78+,81-,82+,83?,84-,89-,90+,98-/m1/s1. The van der Waals surface area contributed by atoms with Gasteiger partial charge in [0.15, 0.2) is 17.0 Å². The number of ketones is 3. The second-order valence-corrected chi connectivity index (χ2v) is 36.2. The normalized spacial score (nSPS) is 26.6. The number of rotatable bonds is 37. The lowest BCUT2D eigenvalue weighted by Crippen LogP contribution is -2.61. The fourth-order valence-electron chi connectivity index (χ4n) is 18.3. The first-order valence-corrected chi connectivity index (χ1v) is 47.4. The molecule has 5 aromatic heterocycles. The number of carbonyl (C=O) groups is 6. The number of carbonyl (C=O) groups excluding carboxylic acids is 6. The third kappa shape index (κ3) is 28.8. The smallest absolute Gasteiger partial charge is 0.329 e. The highest BCUT2D eigenvalue weighted by atomic mass is 16.6. The Morgan fingerprint density at radius 2 is 1.47 bits per heavy atom. The van der Waals surface area contributed by atoms with Crippen LogP contribution >= 0.6 is 0 Å². The molecule has 7 aromatic rings. The third-order valence-electron chi connectivity index (χ3n) is 26.2. The number of piperazine rings is 1. The number of nitrogens with two attached hydrogens (primary N) is 2. The van der Waals surface area contributed by atoms with Crippen LogP contribution < -0.4 is 21.7 Å². The molecule has 5 aliphatic rings. The van der Waals surface area contributed by atoms with Crippen LogP contribution in [-0.2, 0) is 107 Å². The number of hydrogen-bond acceptors (Lipinski definition) is 32. The molecule has 2 aromatic carbocycles. The van der Waals surface area contributed by atoms with Crippen LogP contribution in [0.4, 0.5) is 17.8 Å². The number of nitrogens with one attached hydrogen (secondary N) is 1. The number of anilines is 3. The van der Waals surface area contributed by atoms with Gasteiger partial charge in [-0.2, -0.15) is 10.1 Å². The second-order valence-electron chi connectivity index (χ2n) is 36.2. The van der Waals surface area contributed by atoms with Gasteiger partial charge in [0.05, 0.1) is 115 Å². The van der Waals surface area contributed by atoms with Crippen molar-refractivity contribution in [1.29, 1.82) is 0 Å². The number of nitrogen functional groups attached to an aromatic ring is 2. The van der Waals surface area contributed by atoms with Crippen LogP contribution in [0.15, 0.2) is 119 Å². The predicted molar refractivity (Wildman–Crippen MR) is 501 cm³/mol. The summed E-state index contributed by atoms with van der Waals surface area (Å²) in [4.78, 5) is 113. The highest BCUT2D eigenvalue weighted by Gasteiger charge is 2.53. The number of oxazole rings is 1. The van der Waals surface area contributed by atoms with Crippen molar-refractivity contribution < 1.29 is 95.5 Å². The van der Waals surface area contributed by atoms with Gasteiger partial charge in [-0.15, -0.1) is 5.10 Å². The number of ether oxygens (including phenoxy) is 11. The zero-order valence-electron chi connectivity index (χ0n) is 79.4. The van der Waals surface area contributed by atoms with Crippen LogP contribution in [0.1, 0.15) is 156 Å². The van der Waals surface area contributed by atoms with Gasteiger partial charge in [-0.25, -0.2) is 34.1 Å². The number of amides is 2. The highest BCUT2D eigenvalue weighted by Crippen LogP contribution is 2.40. The maximum Gasteiger partial charge on any atom is 0.329 e. The van der Waals surface area contributed by atoms with E-state index in [-0.39, 0.29) is 79.9 Å². The van der Waals surface area contributed by atoms with E-state index in [2.05, 4.69) is 46.4 Å². The van der Waals surface area contributed by atoms with Gasteiger partial charge >= 0.3 is 5.97 Å². The quantitative estimate of drug-likeness (QED) is 0.0105. The lowest BCUT2D eigenvalue weighted by Gasteiger charge is -2.42. The first-order chi connectivity index (χ1) is 64.8. The maximum absolute atomic E-state index is 14.9. The molecule has 730 valence electrons. The summed E-state index contributed by atoms with van der Waals surface area (Å²) < 4.78 is 74.5. The third-order valence-corrected chi connectivity index (χ3v) is 26.2. The topological polar surface area (TPSA) is 444 Å². The molecule has 134 heavy (non-hydrogen) atoms. The molecule has 15 atom stereocenters. The number of benzene rings is 2. The van der Waals surface area contributed by atoms with Crippen molar-refractivity contribution in [2.45, 2.75) is 226 Å². The molecule has 1 aliphatic carbocycles. The molecule has 7 N–H and O–H groups in total. The van der Waals surface area contributed by atoms with Crippen molar-refractivity contribution in [3.8, 4) is 22.4 Å². The van der Waals surface area contributed by atoms with Gasteiger partial charge in [-0.1, -0.05) is 94.5 Å². The summed E-state index contributed by atoms with van der Waals surface area (Å²) in [5.74, 6) is -7.40. The zero-order valence-corrected chi connectivity index (χ0v) is 79.4. The van der Waals surface area contributed by atoms with E-state index in [1.165, 1.54) is 18.3 Å². The minimum Gasteiger partial charge on any atom is -0.460 e. The van der Waals surface area contributed by atoms with Crippen molar-refractivity contribution in [3.05, 3.63) is 126 Å². The minimum atomic E-state index is -2.47. The number of aliphatic hydroxyl groups is 2. The molecule has 36 nitrogen and oxygen atoms in total. The first kappa shape index (κ1) is 103. The molecule has 36 heteroatoms. The SMILES string of the molecule is CO[C@H]1C[C@@H]2CC[C@@H](C)[C@@](O)(O2)C(=O)C(=O)N2CCCC[C@H]2C(=O)OC([C@H](C)C[C@@H]2CC[C@@H](OCc3cccc(-c4cnc(N5CCN(Cc6cn(CCOCCOCCOCCOCCOCCC(=O)NCCCCn7nc(-c8ccc9oc(N)nc9c8)c8c(N)ncnc87)nn6)CC5)nc4)c3)[C@H](OC)C2)CC(=O)[C@H](C)/C=C(\C)[C@@H](O)[C@@H](OC)C(=O)[C@H](C)C[C@H](C)/C=C/C=C/C=C/1C. The fourth-order valence-corrected chi connectivity index (χ4v) is 18.3. The predicted octanol–water partition coefficient (Wildman–Crippen LogP) is 9.96. The van der Waals surface area contributed by atoms with E-state index in [1.54, 1.807) is 56.5 Å². The average molecular weight is 1860 g/mol. The summed E-state index contributed by atoms with van der Waals surface area (Å²) in [7, 11) is 4.65. The lowest BCUT2D eigenvalue weighted by atomic mass is 9.78. The van der Waals surface area contributed by atoms with E-state index in [9.17, 15) is 39.0 Å². The summed E-state index contributed by atoms with van der Waals surface area (Å²) in [6.45, 7) is 22.6. The Morgan fingerprint density at radius 1 is 0.731 bits per heavy atom. The fraction of sp³-hybridized carbons (Fsp3) is 0.612. The Bertz CT molecular complexity index is 5090. The summed E-state index contributed by atoms with van der Waals surface area (Å²) in [5, 5.41) is 41.1. The Labute approximate surface area is 784 Å². The van der Waals surface area contributed by atoms with E-state index in [0.29, 0.717) is 195 Å². The number of fused-ring (bicyclic) bond motifs is 5. The number of cyclic esters (lactones) is 1. The zero-order chi connectivity index (χ0) is 95.2. The molecule has 12 rings (SSSR count). The van der Waals surface area contributed by atoms with Crippen LogP contribution in [0.25, 0.3) is 44.5 Å². The van der Waals surface area contributed by atoms with Crippen molar-refractivity contribution >= 4 is 75.0 Å². The van der Waals surface area contributed by atoms with Crippen LogP contribution in [-0.4, -0.2) is 286 Å². The van der Waals surface area contributed by atoms with Crippen molar-refractivity contribution in [1.82, 2.24) is 64.8 Å². The first-order valence-electron chi connectivity index (χ1n) is 47.4. The number of Topliss-reactive ketones (excluding diaryl/α,β-unsaturated/α-hetero) is 3. The van der Waals surface area contributed by atoms with E-state index < -0.39 is 83.7 Å². The number of methoxy groups -OCH3 is 3. The van der Waals surface area contributed by atoms with E-state index in [1.807, 2.05) is 107 Å². The molecule has 2 amide bonds. The van der Waals surface area contributed by atoms with Gasteiger partial charge in [0.2, 0.25) is 17.6 Å². The summed E-state index contributed by atoms with van der Waals surface area (Å²) >= 11 is 0. The van der Waals surface area contributed by atoms with E-state index in [4.69, 9.17) is 83.1 Å². The van der Waals surface area contributed by atoms with Crippen molar-refractivity contribution in [2.75, 3.05) is 143 Å². The van der Waals surface area contributed by atoms with E-state index >= 15 is 0 Å². The summed E-state index contributed by atoms with van der Waals surface area (Å²) in [6.07, 6.45) is 20.3. The summed E-state index contributed by atoms with van der Waals surface area (Å²) in [6, 6.07) is 12.6. The van der Waals surface area contributed by atoms with Crippen LogP contribution in [0.2, 0.25) is 0 Å². The average Bonchev–Trinajstić information content (AvgIpc) is 1.77. The Hall–Kier alpha value is -10.1. The summed E-state index contributed by atoms with van der Waals surface area (Å²) in [5.41, 5.74) is 20.2. The molecule has 0 radical (unpaired) electrons. The van der Waals surface area contributed by atoms with Gasteiger partial charge in [0.25, 0.3) is 17.7 Å². The number of hydrogen-bond donors (Lipinski definition) is 5. The number of aliphatic hydroxyl groups excluding tert-OH is 1. The molecule has 4 aliphatic heterocycles. The van der Waals surface area contributed by atoms with Gasteiger partial charge < -0.3 is 93.3 Å². The molecule has 1 saturated carbocycles. The maximum atomic E-state index is 14.9. The molecule has 0 spiro atoms. The monoisotopic (exact) mass is 1860 g/mol. The van der Waals surface area contributed by atoms with Crippen LogP contribution in [0.5, 0.6) is 0 Å². The highest BCUT2D eigenvalue weighted by molar-refractivity contribution is 6.39. The second kappa shape index (κ2) is 51.2. The number of esters is 1. The molecular weight excluding hydrogens is 1720 g/mol. The van der Waals surface area contributed by atoms with Gasteiger partial charge in [0.1, 0.15) is 53.5 Å². The molecular formula is C98H138N16O20. The van der Waals surface area contributed by atoms with Gasteiger partial charge in [-0.05, 0) is 155 Å². The lowest BCUT2D eigenvalue weighted by molar-refractivity contribution is -0.265. The molecule has 3 saturated heterocycles. The van der Waals surface area contributed by atoms with Crippen LogP contribution in [0, 0.1) is 35.5 Å². The molecule has 9 heterocycles. The number of unbranched alkanes of at least 4 members (excludes halogenated alkanes) is 1. The van der Waals surface area contributed by atoms with Gasteiger partial charge in [-0.3, -0.25) is 28.9 Å². The number of aromatic nitrogens is 10. The van der Waals surface area contributed by atoms with Crippen molar-refractivity contribution in [2.24, 2.45) is 35.5 Å². The van der Waals surface area contributed by atoms with E-state index in [0.717, 1.165) is 79.0 Å². The van der Waals surface area contributed by atoms with Gasteiger partial charge in [0, 0.05) is 140 Å².